The van der Waals surface area contributed by atoms with E-state index in [2.05, 4.69) is 53.9 Å². The molecular formula is C22H24N4O. The summed E-state index contributed by atoms with van der Waals surface area (Å²) in [6.07, 6.45) is 8.17. The summed E-state index contributed by atoms with van der Waals surface area (Å²) in [6, 6.07) is 8.09. The minimum absolute atomic E-state index is 0.288. The molecule has 4 rings (SSSR count). The fourth-order valence-electron chi connectivity index (χ4n) is 3.43. The van der Waals surface area contributed by atoms with Gasteiger partial charge in [0.05, 0.1) is 11.3 Å². The van der Waals surface area contributed by atoms with Gasteiger partial charge in [0.1, 0.15) is 5.65 Å². The highest BCUT2D eigenvalue weighted by molar-refractivity contribution is 6.09. The number of ether oxygens (including phenoxy) is 1. The first-order valence-electron chi connectivity index (χ1n) is 9.20. The molecule has 0 spiro atoms. The number of hydrogen-bond donors (Lipinski definition) is 1. The molecular weight excluding hydrogens is 336 g/mol. The average Bonchev–Trinajstić information content (AvgIpc) is 3.04. The summed E-state index contributed by atoms with van der Waals surface area (Å²) >= 11 is 0. The second kappa shape index (κ2) is 6.74. The van der Waals surface area contributed by atoms with Crippen molar-refractivity contribution >= 4 is 22.3 Å². The van der Waals surface area contributed by atoms with Crippen molar-refractivity contribution in [3.63, 3.8) is 0 Å². The molecule has 0 amide bonds. The summed E-state index contributed by atoms with van der Waals surface area (Å²) in [5, 5.41) is 1.11. The summed E-state index contributed by atoms with van der Waals surface area (Å²) in [6.45, 7) is 8.17. The van der Waals surface area contributed by atoms with Gasteiger partial charge in [0.2, 0.25) is 0 Å². The number of nitrogens with one attached hydrogen (secondary N) is 1. The van der Waals surface area contributed by atoms with Gasteiger partial charge in [-0.25, -0.2) is 4.98 Å². The minimum Gasteiger partial charge on any atom is -0.347 e. The Morgan fingerprint density at radius 1 is 1.07 bits per heavy atom. The van der Waals surface area contributed by atoms with E-state index >= 15 is 0 Å². The van der Waals surface area contributed by atoms with E-state index in [4.69, 9.17) is 9.73 Å². The number of pyridine rings is 2. The molecule has 5 nitrogen and oxygen atoms in total. The molecule has 5 heteroatoms. The molecule has 1 atom stereocenters. The van der Waals surface area contributed by atoms with E-state index in [0.717, 1.165) is 40.0 Å². The van der Waals surface area contributed by atoms with Crippen molar-refractivity contribution in [2.45, 2.75) is 45.9 Å². The van der Waals surface area contributed by atoms with E-state index in [-0.39, 0.29) is 11.8 Å². The molecule has 27 heavy (non-hydrogen) atoms. The van der Waals surface area contributed by atoms with Crippen LogP contribution in [-0.4, -0.2) is 32.5 Å². The van der Waals surface area contributed by atoms with Crippen LogP contribution in [0.4, 0.5) is 0 Å². The van der Waals surface area contributed by atoms with Gasteiger partial charge in [0.25, 0.3) is 0 Å². The van der Waals surface area contributed by atoms with E-state index in [9.17, 15) is 0 Å². The van der Waals surface area contributed by atoms with E-state index in [0.29, 0.717) is 0 Å². The highest BCUT2D eigenvalue weighted by Crippen LogP contribution is 2.32. The van der Waals surface area contributed by atoms with Crippen LogP contribution >= 0.6 is 0 Å². The molecule has 0 saturated carbocycles. The van der Waals surface area contributed by atoms with E-state index in [1.54, 1.807) is 6.20 Å². The van der Waals surface area contributed by atoms with Crippen molar-refractivity contribution in [2.24, 2.45) is 4.99 Å². The first-order valence-corrected chi connectivity index (χ1v) is 9.20. The van der Waals surface area contributed by atoms with Gasteiger partial charge in [-0.3, -0.25) is 9.98 Å². The van der Waals surface area contributed by atoms with E-state index < -0.39 is 0 Å². The molecule has 3 aromatic heterocycles. The molecule has 0 saturated heterocycles. The molecule has 1 aliphatic rings. The van der Waals surface area contributed by atoms with Crippen molar-refractivity contribution in [3.05, 3.63) is 65.8 Å². The van der Waals surface area contributed by atoms with E-state index in [1.165, 1.54) is 5.57 Å². The molecule has 3 aromatic rings. The number of H-pyrrole nitrogens is 1. The average molecular weight is 360 g/mol. The van der Waals surface area contributed by atoms with Crippen LogP contribution < -0.4 is 0 Å². The van der Waals surface area contributed by atoms with Crippen LogP contribution in [0, 0.1) is 6.92 Å². The normalized spacial score (nSPS) is 17.7. The molecule has 0 fully saturated rings. The summed E-state index contributed by atoms with van der Waals surface area (Å²) in [5.74, 6) is 0. The second-order valence-corrected chi connectivity index (χ2v) is 7.80. The molecule has 1 aliphatic heterocycles. The third-order valence-electron chi connectivity index (χ3n) is 4.57. The number of fused-ring (bicyclic) bond motifs is 1. The molecule has 1 N–H and O–H groups in total. The summed E-state index contributed by atoms with van der Waals surface area (Å²) in [5.41, 5.74) is 6.00. The van der Waals surface area contributed by atoms with Crippen molar-refractivity contribution in [3.8, 4) is 0 Å². The highest BCUT2D eigenvalue weighted by Gasteiger charge is 2.24. The third-order valence-corrected chi connectivity index (χ3v) is 4.57. The highest BCUT2D eigenvalue weighted by atomic mass is 16.5. The third kappa shape index (κ3) is 3.69. The maximum atomic E-state index is 6.20. The SMILES string of the molecule is Cc1ncccc1C1=NC(OC(C)(C)C)C=C(c2c[nH]c3ncccc23)C1. The topological polar surface area (TPSA) is 63.2 Å². The van der Waals surface area contributed by atoms with Gasteiger partial charge in [-0.2, -0.15) is 0 Å². The Balaban J connectivity index is 1.78. The lowest BCUT2D eigenvalue weighted by Crippen LogP contribution is -2.28. The van der Waals surface area contributed by atoms with Gasteiger partial charge in [0, 0.05) is 47.2 Å². The van der Waals surface area contributed by atoms with Crippen LogP contribution in [0.15, 0.2) is 53.9 Å². The number of aliphatic imine (C=N–C) groups is 1. The quantitative estimate of drug-likeness (QED) is 0.737. The second-order valence-electron chi connectivity index (χ2n) is 7.80. The fourth-order valence-corrected chi connectivity index (χ4v) is 3.43. The Morgan fingerprint density at radius 3 is 2.63 bits per heavy atom. The monoisotopic (exact) mass is 360 g/mol. The zero-order valence-electron chi connectivity index (χ0n) is 16.2. The maximum Gasteiger partial charge on any atom is 0.168 e. The largest absolute Gasteiger partial charge is 0.347 e. The Hall–Kier alpha value is -2.79. The van der Waals surface area contributed by atoms with Crippen molar-refractivity contribution in [1.82, 2.24) is 15.0 Å². The summed E-state index contributed by atoms with van der Waals surface area (Å²) in [4.78, 5) is 17.0. The number of hydrogen-bond acceptors (Lipinski definition) is 4. The fraction of sp³-hybridized carbons (Fsp3) is 0.318. The Morgan fingerprint density at radius 2 is 1.85 bits per heavy atom. The number of nitrogens with zero attached hydrogens (tertiary/aromatic N) is 3. The zero-order chi connectivity index (χ0) is 19.0. The molecule has 1 unspecified atom stereocenters. The number of rotatable bonds is 3. The van der Waals surface area contributed by atoms with Gasteiger partial charge in [-0.15, -0.1) is 0 Å². The molecule has 0 radical (unpaired) electrons. The maximum absolute atomic E-state index is 6.20. The van der Waals surface area contributed by atoms with Crippen LogP contribution in [0.1, 0.15) is 44.0 Å². The van der Waals surface area contributed by atoms with Gasteiger partial charge in [0.15, 0.2) is 6.23 Å². The lowest BCUT2D eigenvalue weighted by molar-refractivity contribution is -0.0340. The molecule has 0 aliphatic carbocycles. The van der Waals surface area contributed by atoms with E-state index in [1.807, 2.05) is 31.5 Å². The number of aromatic nitrogens is 3. The number of aromatic amines is 1. The van der Waals surface area contributed by atoms with Crippen LogP contribution in [0.3, 0.4) is 0 Å². The minimum atomic E-state index is -0.329. The first-order chi connectivity index (χ1) is 12.9. The van der Waals surface area contributed by atoms with Gasteiger partial charge in [-0.1, -0.05) is 0 Å². The predicted octanol–water partition coefficient (Wildman–Crippen LogP) is 4.68. The summed E-state index contributed by atoms with van der Waals surface area (Å²) in [7, 11) is 0. The first kappa shape index (κ1) is 17.6. The Labute approximate surface area is 159 Å². The van der Waals surface area contributed by atoms with Crippen molar-refractivity contribution in [2.75, 3.05) is 0 Å². The van der Waals surface area contributed by atoms with Crippen LogP contribution in [-0.2, 0) is 4.74 Å². The summed E-state index contributed by atoms with van der Waals surface area (Å²) < 4.78 is 6.20. The molecule has 0 bridgehead atoms. The van der Waals surface area contributed by atoms with Crippen LogP contribution in [0.2, 0.25) is 0 Å². The smallest absolute Gasteiger partial charge is 0.168 e. The molecule has 0 aromatic carbocycles. The predicted molar refractivity (Wildman–Crippen MR) is 109 cm³/mol. The van der Waals surface area contributed by atoms with Crippen molar-refractivity contribution < 1.29 is 4.74 Å². The van der Waals surface area contributed by atoms with Crippen LogP contribution in [0.5, 0.6) is 0 Å². The molecule has 4 heterocycles. The molecule has 138 valence electrons. The Bertz CT molecular complexity index is 1040. The van der Waals surface area contributed by atoms with Crippen LogP contribution in [0.25, 0.3) is 16.6 Å². The Kier molecular flexibility index (Phi) is 4.40. The zero-order valence-corrected chi connectivity index (χ0v) is 16.2. The number of aryl methyl sites for hydroxylation is 1. The lowest BCUT2D eigenvalue weighted by Gasteiger charge is -2.27. The standard InChI is InChI=1S/C22H24N4O/c1-14-16(7-5-9-23-14)19-11-15(12-20(26-19)27-22(2,3)4)18-13-25-21-17(18)8-6-10-24-21/h5-10,12-13,20H,11H2,1-4H3,(H,24,25). The van der Waals surface area contributed by atoms with Gasteiger partial charge >= 0.3 is 0 Å². The number of allylic oxidation sites excluding steroid dienone is 1. The van der Waals surface area contributed by atoms with Gasteiger partial charge in [-0.05, 0) is 63.6 Å². The van der Waals surface area contributed by atoms with Gasteiger partial charge < -0.3 is 9.72 Å². The lowest BCUT2D eigenvalue weighted by atomic mass is 9.93. The number of dihydropyridines is 1. The van der Waals surface area contributed by atoms with Crippen molar-refractivity contribution in [1.29, 1.82) is 0 Å².